The number of nitrogens with one attached hydrogen (secondary N) is 2. The lowest BCUT2D eigenvalue weighted by Gasteiger charge is -2.14. The van der Waals surface area contributed by atoms with Crippen LogP contribution in [0.25, 0.3) is 0 Å². The molecule has 0 bridgehead atoms. The first-order valence-electron chi connectivity index (χ1n) is 9.02. The van der Waals surface area contributed by atoms with Crippen LogP contribution in [0, 0.1) is 0 Å². The number of hydrogen-bond acceptors (Lipinski definition) is 3. The minimum absolute atomic E-state index is 0.00389. The van der Waals surface area contributed by atoms with E-state index in [2.05, 4.69) is 15.6 Å². The quantitative estimate of drug-likeness (QED) is 0.552. The van der Waals surface area contributed by atoms with Gasteiger partial charge in [-0.2, -0.15) is 0 Å². The van der Waals surface area contributed by atoms with Crippen molar-refractivity contribution in [2.75, 3.05) is 34.8 Å². The molecule has 0 radical (unpaired) electrons. The summed E-state index contributed by atoms with van der Waals surface area (Å²) in [5, 5.41) is 7.19. The van der Waals surface area contributed by atoms with Gasteiger partial charge >= 0.3 is 0 Å². The van der Waals surface area contributed by atoms with Gasteiger partial charge in [0.2, 0.25) is 0 Å². The van der Waals surface area contributed by atoms with Gasteiger partial charge in [0.05, 0.1) is 7.11 Å². The summed E-state index contributed by atoms with van der Waals surface area (Å²) in [6.45, 7) is 1.25. The van der Waals surface area contributed by atoms with E-state index >= 15 is 0 Å². The van der Waals surface area contributed by atoms with Gasteiger partial charge in [-0.05, 0) is 36.2 Å². The van der Waals surface area contributed by atoms with Crippen molar-refractivity contribution < 1.29 is 9.53 Å². The number of hydrogen-bond donors (Lipinski definition) is 2. The summed E-state index contributed by atoms with van der Waals surface area (Å²) in [7, 11) is 6.85. The van der Waals surface area contributed by atoms with Crippen LogP contribution in [0.5, 0.6) is 5.75 Å². The van der Waals surface area contributed by atoms with Gasteiger partial charge < -0.3 is 20.3 Å². The second-order valence-electron chi connectivity index (χ2n) is 6.46. The Hall–Kier alpha value is -2.73. The van der Waals surface area contributed by atoms with Gasteiger partial charge in [-0.1, -0.05) is 29.8 Å². The van der Waals surface area contributed by atoms with Gasteiger partial charge in [0.15, 0.2) is 5.96 Å². The first-order chi connectivity index (χ1) is 13.4. The number of benzene rings is 2. The molecule has 0 saturated carbocycles. The van der Waals surface area contributed by atoms with Crippen molar-refractivity contribution in [3.63, 3.8) is 0 Å². The standard InChI is InChI=1S/C21H27ClN4O2/c1-23-21(25-14-17-8-9-18(22)13-19(17)28-4)24-11-10-15-6-5-7-16(12-15)20(27)26(2)3/h5-9,12-13H,10-11,14H2,1-4H3,(H2,23,24,25). The van der Waals surface area contributed by atoms with Crippen LogP contribution in [-0.4, -0.2) is 51.6 Å². The third kappa shape index (κ3) is 6.16. The van der Waals surface area contributed by atoms with E-state index in [-0.39, 0.29) is 5.91 Å². The van der Waals surface area contributed by atoms with Gasteiger partial charge in [0.25, 0.3) is 5.91 Å². The zero-order chi connectivity index (χ0) is 20.5. The van der Waals surface area contributed by atoms with E-state index in [4.69, 9.17) is 16.3 Å². The largest absolute Gasteiger partial charge is 0.496 e. The van der Waals surface area contributed by atoms with Crippen molar-refractivity contribution >= 4 is 23.5 Å². The average molecular weight is 403 g/mol. The SMILES string of the molecule is CN=C(NCCc1cccc(C(=O)N(C)C)c1)NCc1ccc(Cl)cc1OC. The average Bonchev–Trinajstić information content (AvgIpc) is 2.70. The molecule has 2 rings (SSSR count). The van der Waals surface area contributed by atoms with Crippen molar-refractivity contribution in [3.05, 3.63) is 64.2 Å². The zero-order valence-corrected chi connectivity index (χ0v) is 17.5. The second kappa shape index (κ2) is 10.6. The highest BCUT2D eigenvalue weighted by Gasteiger charge is 2.08. The Kier molecular flexibility index (Phi) is 8.14. The Morgan fingerprint density at radius 1 is 1.18 bits per heavy atom. The molecule has 0 heterocycles. The van der Waals surface area contributed by atoms with Crippen LogP contribution >= 0.6 is 11.6 Å². The zero-order valence-electron chi connectivity index (χ0n) is 16.8. The van der Waals surface area contributed by atoms with Gasteiger partial charge in [-0.15, -0.1) is 0 Å². The molecule has 7 heteroatoms. The third-order valence-corrected chi connectivity index (χ3v) is 4.44. The van der Waals surface area contributed by atoms with E-state index in [1.165, 1.54) is 0 Å². The number of rotatable bonds is 7. The molecule has 6 nitrogen and oxygen atoms in total. The topological polar surface area (TPSA) is 66.0 Å². The van der Waals surface area contributed by atoms with Crippen molar-refractivity contribution in [2.45, 2.75) is 13.0 Å². The molecule has 0 aliphatic rings. The summed E-state index contributed by atoms with van der Waals surface area (Å²) < 4.78 is 5.36. The summed E-state index contributed by atoms with van der Waals surface area (Å²) in [6.07, 6.45) is 0.777. The van der Waals surface area contributed by atoms with Crippen molar-refractivity contribution in [3.8, 4) is 5.75 Å². The molecule has 2 aromatic carbocycles. The summed E-state index contributed by atoms with van der Waals surface area (Å²) in [4.78, 5) is 17.9. The Morgan fingerprint density at radius 2 is 1.96 bits per heavy atom. The number of carbonyl (C=O) groups excluding carboxylic acids is 1. The van der Waals surface area contributed by atoms with E-state index in [0.29, 0.717) is 29.6 Å². The Bertz CT molecular complexity index is 837. The highest BCUT2D eigenvalue weighted by molar-refractivity contribution is 6.30. The maximum Gasteiger partial charge on any atom is 0.253 e. The molecule has 0 spiro atoms. The molecule has 0 saturated heterocycles. The number of carbonyl (C=O) groups is 1. The number of halogens is 1. The fraction of sp³-hybridized carbons (Fsp3) is 0.333. The van der Waals surface area contributed by atoms with E-state index in [1.807, 2.05) is 36.4 Å². The van der Waals surface area contributed by atoms with Crippen LogP contribution in [0.3, 0.4) is 0 Å². The fourth-order valence-electron chi connectivity index (χ4n) is 2.71. The molecule has 28 heavy (non-hydrogen) atoms. The Morgan fingerprint density at radius 3 is 2.64 bits per heavy atom. The van der Waals surface area contributed by atoms with Crippen LogP contribution in [-0.2, 0) is 13.0 Å². The van der Waals surface area contributed by atoms with Crippen molar-refractivity contribution in [2.24, 2.45) is 4.99 Å². The molecular formula is C21H27ClN4O2. The lowest BCUT2D eigenvalue weighted by Crippen LogP contribution is -2.37. The molecule has 0 atom stereocenters. The number of methoxy groups -OCH3 is 1. The van der Waals surface area contributed by atoms with Crippen molar-refractivity contribution in [1.29, 1.82) is 0 Å². The molecule has 0 aliphatic carbocycles. The van der Waals surface area contributed by atoms with Gasteiger partial charge in [0, 0.05) is 50.4 Å². The van der Waals surface area contributed by atoms with E-state index in [1.54, 1.807) is 39.2 Å². The number of nitrogens with zero attached hydrogens (tertiary/aromatic N) is 2. The Balaban J connectivity index is 1.88. The van der Waals surface area contributed by atoms with Gasteiger partial charge in [0.1, 0.15) is 5.75 Å². The second-order valence-corrected chi connectivity index (χ2v) is 6.90. The summed E-state index contributed by atoms with van der Waals surface area (Å²) >= 11 is 6.00. The first kappa shape index (κ1) is 21.6. The van der Waals surface area contributed by atoms with E-state index < -0.39 is 0 Å². The van der Waals surface area contributed by atoms with Crippen LogP contribution in [0.1, 0.15) is 21.5 Å². The first-order valence-corrected chi connectivity index (χ1v) is 9.40. The summed E-state index contributed by atoms with van der Waals surface area (Å²) in [6, 6.07) is 13.2. The molecular weight excluding hydrogens is 376 g/mol. The van der Waals surface area contributed by atoms with Crippen molar-refractivity contribution in [1.82, 2.24) is 15.5 Å². The van der Waals surface area contributed by atoms with Gasteiger partial charge in [-0.3, -0.25) is 9.79 Å². The van der Waals surface area contributed by atoms with Crippen LogP contribution in [0.15, 0.2) is 47.5 Å². The van der Waals surface area contributed by atoms with Crippen LogP contribution in [0.2, 0.25) is 5.02 Å². The Labute approximate surface area is 171 Å². The number of guanidine groups is 1. The molecule has 2 aromatic rings. The predicted octanol–water partition coefficient (Wildman–Crippen LogP) is 2.96. The lowest BCUT2D eigenvalue weighted by atomic mass is 10.1. The molecule has 0 aliphatic heterocycles. The molecule has 0 unspecified atom stereocenters. The molecule has 1 amide bonds. The van der Waals surface area contributed by atoms with Gasteiger partial charge in [-0.25, -0.2) is 0 Å². The highest BCUT2D eigenvalue weighted by Crippen LogP contribution is 2.22. The number of aliphatic imine (C=N–C) groups is 1. The lowest BCUT2D eigenvalue weighted by molar-refractivity contribution is 0.0827. The number of ether oxygens (including phenoxy) is 1. The molecule has 0 fully saturated rings. The normalized spacial score (nSPS) is 11.1. The smallest absolute Gasteiger partial charge is 0.253 e. The summed E-state index contributed by atoms with van der Waals surface area (Å²) in [5.74, 6) is 1.43. The fourth-order valence-corrected chi connectivity index (χ4v) is 2.87. The molecule has 0 aromatic heterocycles. The predicted molar refractivity (Wildman–Crippen MR) is 114 cm³/mol. The summed E-state index contributed by atoms with van der Waals surface area (Å²) in [5.41, 5.74) is 2.78. The maximum atomic E-state index is 12.1. The third-order valence-electron chi connectivity index (χ3n) is 4.21. The van der Waals surface area contributed by atoms with E-state index in [9.17, 15) is 4.79 Å². The maximum absolute atomic E-state index is 12.1. The van der Waals surface area contributed by atoms with E-state index in [0.717, 1.165) is 23.3 Å². The monoisotopic (exact) mass is 402 g/mol. The minimum atomic E-state index is 0.00389. The minimum Gasteiger partial charge on any atom is -0.496 e. The molecule has 2 N–H and O–H groups in total. The van der Waals surface area contributed by atoms with Crippen LogP contribution < -0.4 is 15.4 Å². The van der Waals surface area contributed by atoms with Crippen LogP contribution in [0.4, 0.5) is 0 Å². The molecule has 150 valence electrons. The number of amides is 1. The highest BCUT2D eigenvalue weighted by atomic mass is 35.5.